The highest BCUT2D eigenvalue weighted by Gasteiger charge is 2.30. The number of aliphatic hydroxyl groups is 1. The summed E-state index contributed by atoms with van der Waals surface area (Å²) in [6.45, 7) is 1.50. The molecule has 2 rings (SSSR count). The summed E-state index contributed by atoms with van der Waals surface area (Å²) in [6.07, 6.45) is -0.953. The lowest BCUT2D eigenvalue weighted by Gasteiger charge is -2.29. The molecule has 116 valence electrons. The van der Waals surface area contributed by atoms with Gasteiger partial charge in [-0.05, 0) is 30.2 Å². The predicted molar refractivity (Wildman–Crippen MR) is 86.0 cm³/mol. The van der Waals surface area contributed by atoms with Gasteiger partial charge in [-0.1, -0.05) is 42.5 Å². The van der Waals surface area contributed by atoms with Crippen LogP contribution in [0.4, 0.5) is 5.69 Å². The first kappa shape index (κ1) is 16.0. The summed E-state index contributed by atoms with van der Waals surface area (Å²) >= 11 is 0. The van der Waals surface area contributed by atoms with E-state index >= 15 is 0 Å². The zero-order chi connectivity index (χ0) is 16.1. The molecule has 0 aliphatic rings. The van der Waals surface area contributed by atoms with Gasteiger partial charge in [0.05, 0.1) is 18.9 Å². The fraction of sp³-hybridized carbons (Fsp3) is 0.235. The number of hydrogen-bond donors (Lipinski definition) is 2. The van der Waals surface area contributed by atoms with Crippen LogP contribution in [0.2, 0.25) is 0 Å². The molecule has 0 aromatic heterocycles. The molecule has 0 aliphatic heterocycles. The van der Waals surface area contributed by atoms with Gasteiger partial charge < -0.3 is 9.84 Å². The highest BCUT2D eigenvalue weighted by molar-refractivity contribution is 5.80. The number of hydrogen-bond acceptors (Lipinski definition) is 5. The average molecular weight is 300 g/mol. The molecule has 0 heterocycles. The largest absolute Gasteiger partial charge is 0.467 e. The third-order valence-electron chi connectivity index (χ3n) is 3.47. The van der Waals surface area contributed by atoms with Crippen LogP contribution >= 0.6 is 0 Å². The molecule has 0 bridgehead atoms. The van der Waals surface area contributed by atoms with E-state index in [0.29, 0.717) is 5.69 Å². The monoisotopic (exact) mass is 300 g/mol. The average Bonchev–Trinajstić information content (AvgIpc) is 2.55. The molecule has 0 radical (unpaired) electrons. The molecule has 2 atom stereocenters. The van der Waals surface area contributed by atoms with Crippen molar-refractivity contribution in [3.05, 3.63) is 54.6 Å². The van der Waals surface area contributed by atoms with Crippen molar-refractivity contribution in [2.24, 2.45) is 5.84 Å². The minimum absolute atomic E-state index is 0.579. The second-order valence-electron chi connectivity index (χ2n) is 5.03. The maximum atomic E-state index is 11.8. The smallest absolute Gasteiger partial charge is 0.332 e. The van der Waals surface area contributed by atoms with Gasteiger partial charge in [-0.2, -0.15) is 0 Å². The van der Waals surface area contributed by atoms with Crippen molar-refractivity contribution < 1.29 is 14.6 Å². The van der Waals surface area contributed by atoms with Crippen LogP contribution in [0.25, 0.3) is 11.1 Å². The number of ether oxygens (including phenoxy) is 1. The molecular weight excluding hydrogens is 280 g/mol. The number of aliphatic hydroxyl groups excluding tert-OH is 1. The molecule has 0 saturated carbocycles. The van der Waals surface area contributed by atoms with Crippen molar-refractivity contribution >= 4 is 11.7 Å². The molecule has 0 saturated heterocycles. The summed E-state index contributed by atoms with van der Waals surface area (Å²) in [4.78, 5) is 11.8. The number of nitrogens with zero attached hydrogens (tertiary/aromatic N) is 1. The van der Waals surface area contributed by atoms with Crippen LogP contribution < -0.4 is 10.9 Å². The topological polar surface area (TPSA) is 75.8 Å². The Morgan fingerprint density at radius 2 is 1.64 bits per heavy atom. The Hall–Kier alpha value is -2.37. The van der Waals surface area contributed by atoms with E-state index in [-0.39, 0.29) is 0 Å². The van der Waals surface area contributed by atoms with Gasteiger partial charge in [-0.3, -0.25) is 5.01 Å². The second-order valence-corrected chi connectivity index (χ2v) is 5.03. The molecule has 5 nitrogen and oxygen atoms in total. The summed E-state index contributed by atoms with van der Waals surface area (Å²) in [5.74, 6) is 5.40. The first-order chi connectivity index (χ1) is 10.5. The summed E-state index contributed by atoms with van der Waals surface area (Å²) < 4.78 is 4.69. The molecular formula is C17H20N2O3. The molecule has 0 aliphatic carbocycles. The van der Waals surface area contributed by atoms with E-state index in [0.717, 1.165) is 11.1 Å². The fourth-order valence-corrected chi connectivity index (χ4v) is 2.28. The number of hydrazine groups is 1. The number of methoxy groups -OCH3 is 1. The van der Waals surface area contributed by atoms with Crippen LogP contribution in [0.1, 0.15) is 6.92 Å². The number of carbonyl (C=O) groups excluding carboxylic acids is 1. The maximum absolute atomic E-state index is 11.8. The van der Waals surface area contributed by atoms with E-state index in [9.17, 15) is 9.90 Å². The van der Waals surface area contributed by atoms with E-state index in [4.69, 9.17) is 5.84 Å². The molecule has 2 unspecified atom stereocenters. The predicted octanol–water partition coefficient (Wildman–Crippen LogP) is 1.96. The molecule has 22 heavy (non-hydrogen) atoms. The Kier molecular flexibility index (Phi) is 5.14. The zero-order valence-corrected chi connectivity index (χ0v) is 12.6. The van der Waals surface area contributed by atoms with Crippen molar-refractivity contribution in [3.63, 3.8) is 0 Å². The molecule has 3 N–H and O–H groups in total. The summed E-state index contributed by atoms with van der Waals surface area (Å²) in [7, 11) is 1.27. The maximum Gasteiger partial charge on any atom is 0.332 e. The van der Waals surface area contributed by atoms with Gasteiger partial charge in [0.15, 0.2) is 6.04 Å². The van der Waals surface area contributed by atoms with Gasteiger partial charge in [-0.25, -0.2) is 10.6 Å². The zero-order valence-electron chi connectivity index (χ0n) is 12.6. The lowest BCUT2D eigenvalue weighted by Crippen LogP contribution is -2.52. The number of nitrogens with two attached hydrogens (primary N) is 1. The first-order valence-corrected chi connectivity index (χ1v) is 7.00. The number of benzene rings is 2. The van der Waals surface area contributed by atoms with Crippen LogP contribution in [0.3, 0.4) is 0 Å². The molecule has 5 heteroatoms. The Morgan fingerprint density at radius 3 is 2.14 bits per heavy atom. The molecule has 2 aromatic carbocycles. The molecule has 0 spiro atoms. The Labute approximate surface area is 129 Å². The quantitative estimate of drug-likeness (QED) is 0.501. The van der Waals surface area contributed by atoms with Crippen LogP contribution in [-0.2, 0) is 9.53 Å². The van der Waals surface area contributed by atoms with Gasteiger partial charge in [0.2, 0.25) is 0 Å². The van der Waals surface area contributed by atoms with Crippen LogP contribution in [0.5, 0.6) is 0 Å². The fourth-order valence-electron chi connectivity index (χ4n) is 2.28. The van der Waals surface area contributed by atoms with Gasteiger partial charge in [-0.15, -0.1) is 0 Å². The lowest BCUT2D eigenvalue weighted by atomic mass is 10.0. The van der Waals surface area contributed by atoms with Gasteiger partial charge in [0.25, 0.3) is 0 Å². The lowest BCUT2D eigenvalue weighted by molar-refractivity contribution is -0.144. The Bertz CT molecular complexity index is 612. The van der Waals surface area contributed by atoms with Crippen molar-refractivity contribution in [3.8, 4) is 11.1 Å². The summed E-state index contributed by atoms with van der Waals surface area (Å²) in [5.41, 5.74) is 2.76. The first-order valence-electron chi connectivity index (χ1n) is 7.00. The van der Waals surface area contributed by atoms with E-state index in [1.54, 1.807) is 12.1 Å². The molecule has 0 amide bonds. The van der Waals surface area contributed by atoms with Crippen molar-refractivity contribution in [1.82, 2.24) is 0 Å². The summed E-state index contributed by atoms with van der Waals surface area (Å²) in [6, 6.07) is 16.4. The minimum atomic E-state index is -0.953. The third kappa shape index (κ3) is 3.44. The highest BCUT2D eigenvalue weighted by atomic mass is 16.5. The number of anilines is 1. The van der Waals surface area contributed by atoms with Crippen molar-refractivity contribution in [2.45, 2.75) is 19.1 Å². The summed E-state index contributed by atoms with van der Waals surface area (Å²) in [5, 5.41) is 11.0. The standard InChI is InChI=1S/C17H20N2O3/c1-12(20)16(17(21)22-2)19(18)15-10-8-14(9-11-15)13-6-4-3-5-7-13/h3-12,16,20H,18H2,1-2H3. The number of rotatable bonds is 5. The minimum Gasteiger partial charge on any atom is -0.467 e. The molecule has 2 aromatic rings. The molecule has 0 fully saturated rings. The number of esters is 1. The Balaban J connectivity index is 2.24. The van der Waals surface area contributed by atoms with Crippen molar-refractivity contribution in [1.29, 1.82) is 0 Å². The van der Waals surface area contributed by atoms with E-state index in [1.807, 2.05) is 42.5 Å². The van der Waals surface area contributed by atoms with Gasteiger partial charge >= 0.3 is 5.97 Å². The van der Waals surface area contributed by atoms with Crippen LogP contribution in [-0.4, -0.2) is 30.3 Å². The van der Waals surface area contributed by atoms with E-state index < -0.39 is 18.1 Å². The van der Waals surface area contributed by atoms with Crippen LogP contribution in [0, 0.1) is 0 Å². The third-order valence-corrected chi connectivity index (χ3v) is 3.47. The van der Waals surface area contributed by atoms with Gasteiger partial charge in [0, 0.05) is 0 Å². The van der Waals surface area contributed by atoms with E-state index in [1.165, 1.54) is 19.0 Å². The highest BCUT2D eigenvalue weighted by Crippen LogP contribution is 2.23. The second kappa shape index (κ2) is 7.06. The van der Waals surface area contributed by atoms with Crippen LogP contribution in [0.15, 0.2) is 54.6 Å². The number of carbonyl (C=O) groups is 1. The Morgan fingerprint density at radius 1 is 1.09 bits per heavy atom. The SMILES string of the molecule is COC(=O)C(C(C)O)N(N)c1ccc(-c2ccccc2)cc1. The van der Waals surface area contributed by atoms with Crippen molar-refractivity contribution in [2.75, 3.05) is 12.1 Å². The van der Waals surface area contributed by atoms with E-state index in [2.05, 4.69) is 4.74 Å². The van der Waals surface area contributed by atoms with Gasteiger partial charge in [0.1, 0.15) is 0 Å². The normalized spacial score (nSPS) is 13.3.